The summed E-state index contributed by atoms with van der Waals surface area (Å²) in [5.41, 5.74) is 4.53. The third-order valence-electron chi connectivity index (χ3n) is 7.18. The van der Waals surface area contributed by atoms with Crippen LogP contribution in [-0.2, 0) is 26.1 Å². The molecule has 0 aliphatic carbocycles. The number of aryl methyl sites for hydroxylation is 1. The number of halogens is 2. The Bertz CT molecular complexity index is 1340. The standard InChI is InChI=1S/C30H34N4O3.2ClH/c1-33(2)20-27-29(36-21-24-7-5-23(18-31)6-8-24)12-10-26-28(32-37-30(26)27)11-9-22-13-15-34(16-14-22)19-25-4-3-17-35-25;;/h3-8,10,12,17,22H,9,11,13-16,19-21H2,1-2H3;2*1H. The van der Waals surface area contributed by atoms with Crippen molar-refractivity contribution in [3.8, 4) is 11.8 Å². The van der Waals surface area contributed by atoms with E-state index in [1.165, 1.54) is 12.8 Å². The minimum absolute atomic E-state index is 0. The van der Waals surface area contributed by atoms with E-state index in [1.807, 2.05) is 50.5 Å². The van der Waals surface area contributed by atoms with Gasteiger partial charge in [0.25, 0.3) is 0 Å². The molecule has 0 radical (unpaired) electrons. The Morgan fingerprint density at radius 1 is 1.08 bits per heavy atom. The van der Waals surface area contributed by atoms with Crippen LogP contribution in [0.3, 0.4) is 0 Å². The number of rotatable bonds is 10. The van der Waals surface area contributed by atoms with Crippen molar-refractivity contribution in [3.63, 3.8) is 0 Å². The summed E-state index contributed by atoms with van der Waals surface area (Å²) in [4.78, 5) is 4.59. The van der Waals surface area contributed by atoms with Crippen LogP contribution < -0.4 is 4.74 Å². The number of ether oxygens (including phenoxy) is 1. The van der Waals surface area contributed by atoms with Gasteiger partial charge in [-0.25, -0.2) is 0 Å². The molecule has 1 fully saturated rings. The first kappa shape index (κ1) is 30.5. The van der Waals surface area contributed by atoms with Crippen LogP contribution in [-0.4, -0.2) is 42.1 Å². The number of fused-ring (bicyclic) bond motifs is 1. The van der Waals surface area contributed by atoms with Crippen LogP contribution in [0.25, 0.3) is 11.0 Å². The molecule has 0 amide bonds. The summed E-state index contributed by atoms with van der Waals surface area (Å²) in [5, 5.41) is 14.6. The molecule has 1 aliphatic rings. The molecule has 39 heavy (non-hydrogen) atoms. The summed E-state index contributed by atoms with van der Waals surface area (Å²) in [6.07, 6.45) is 6.20. The van der Waals surface area contributed by atoms with E-state index < -0.39 is 0 Å². The van der Waals surface area contributed by atoms with Crippen LogP contribution in [0.15, 0.2) is 63.7 Å². The third kappa shape index (κ3) is 7.77. The lowest BCUT2D eigenvalue weighted by Gasteiger charge is -2.31. The van der Waals surface area contributed by atoms with E-state index in [1.54, 1.807) is 6.26 Å². The Morgan fingerprint density at radius 2 is 1.85 bits per heavy atom. The van der Waals surface area contributed by atoms with Crippen LogP contribution in [0, 0.1) is 17.2 Å². The number of piperidine rings is 1. The fraction of sp³-hybridized carbons (Fsp3) is 0.400. The predicted octanol–water partition coefficient (Wildman–Crippen LogP) is 6.62. The smallest absolute Gasteiger partial charge is 0.175 e. The number of nitrogens with zero attached hydrogens (tertiary/aromatic N) is 4. The van der Waals surface area contributed by atoms with Gasteiger partial charge in [-0.2, -0.15) is 5.26 Å². The SMILES string of the molecule is CN(C)Cc1c(OCc2ccc(C#N)cc2)ccc2c(CCC3CCN(Cc4ccco4)CC3)noc12.Cl.Cl. The first-order valence-corrected chi connectivity index (χ1v) is 13.0. The fourth-order valence-electron chi connectivity index (χ4n) is 5.11. The van der Waals surface area contributed by atoms with Gasteiger partial charge in [-0.05, 0) is 101 Å². The van der Waals surface area contributed by atoms with Gasteiger partial charge < -0.3 is 18.6 Å². The van der Waals surface area contributed by atoms with Crippen LogP contribution in [0.2, 0.25) is 0 Å². The van der Waals surface area contributed by atoms with E-state index in [4.69, 9.17) is 18.9 Å². The third-order valence-corrected chi connectivity index (χ3v) is 7.18. The normalized spacial score (nSPS) is 14.1. The molecule has 1 saturated heterocycles. The highest BCUT2D eigenvalue weighted by Gasteiger charge is 2.22. The van der Waals surface area contributed by atoms with Gasteiger partial charge in [0.15, 0.2) is 5.58 Å². The molecular formula is C30H36Cl2N4O3. The van der Waals surface area contributed by atoms with Crippen LogP contribution in [0.1, 0.15) is 47.4 Å². The molecule has 3 heterocycles. The van der Waals surface area contributed by atoms with Gasteiger partial charge in [-0.15, -0.1) is 24.8 Å². The second-order valence-corrected chi connectivity index (χ2v) is 10.2. The second kappa shape index (κ2) is 14.4. The molecule has 2 aromatic carbocycles. The van der Waals surface area contributed by atoms with Crippen molar-refractivity contribution in [2.75, 3.05) is 27.2 Å². The first-order chi connectivity index (χ1) is 18.1. The van der Waals surface area contributed by atoms with Gasteiger partial charge in [-0.3, -0.25) is 4.90 Å². The van der Waals surface area contributed by atoms with Crippen LogP contribution >= 0.6 is 24.8 Å². The number of hydrogen-bond acceptors (Lipinski definition) is 7. The summed E-state index contributed by atoms with van der Waals surface area (Å²) in [6.45, 7) is 4.24. The van der Waals surface area contributed by atoms with Gasteiger partial charge in [0.2, 0.25) is 0 Å². The van der Waals surface area contributed by atoms with Crippen molar-refractivity contribution in [2.45, 2.75) is 45.4 Å². The van der Waals surface area contributed by atoms with Gasteiger partial charge in [0.1, 0.15) is 18.1 Å². The topological polar surface area (TPSA) is 78.7 Å². The van der Waals surface area contributed by atoms with Gasteiger partial charge in [0, 0.05) is 11.9 Å². The van der Waals surface area contributed by atoms with Gasteiger partial charge >= 0.3 is 0 Å². The molecule has 0 spiro atoms. The summed E-state index contributed by atoms with van der Waals surface area (Å²) < 4.78 is 17.6. The number of furan rings is 1. The number of aromatic nitrogens is 1. The zero-order valence-corrected chi connectivity index (χ0v) is 24.1. The van der Waals surface area contributed by atoms with E-state index in [0.717, 1.165) is 71.8 Å². The monoisotopic (exact) mass is 570 g/mol. The van der Waals surface area contributed by atoms with Crippen molar-refractivity contribution in [1.29, 1.82) is 5.26 Å². The fourth-order valence-corrected chi connectivity index (χ4v) is 5.11. The quantitative estimate of drug-likeness (QED) is 0.212. The van der Waals surface area contributed by atoms with E-state index >= 15 is 0 Å². The van der Waals surface area contributed by atoms with Crippen molar-refractivity contribution in [2.24, 2.45) is 5.92 Å². The van der Waals surface area contributed by atoms with E-state index in [-0.39, 0.29) is 24.8 Å². The molecule has 0 unspecified atom stereocenters. The molecule has 0 N–H and O–H groups in total. The maximum Gasteiger partial charge on any atom is 0.175 e. The molecule has 5 rings (SSSR count). The maximum atomic E-state index is 9.02. The lowest BCUT2D eigenvalue weighted by molar-refractivity contribution is 0.162. The maximum absolute atomic E-state index is 9.02. The van der Waals surface area contributed by atoms with Crippen molar-refractivity contribution < 1.29 is 13.7 Å². The highest BCUT2D eigenvalue weighted by molar-refractivity contribution is 5.86. The minimum atomic E-state index is 0. The Morgan fingerprint density at radius 3 is 2.51 bits per heavy atom. The largest absolute Gasteiger partial charge is 0.488 e. The molecule has 208 valence electrons. The predicted molar refractivity (Wildman–Crippen MR) is 156 cm³/mol. The van der Waals surface area contributed by atoms with Crippen molar-refractivity contribution in [3.05, 3.63) is 82.9 Å². The molecule has 1 aliphatic heterocycles. The minimum Gasteiger partial charge on any atom is -0.488 e. The lowest BCUT2D eigenvalue weighted by atomic mass is 9.91. The average molecular weight is 572 g/mol. The molecule has 7 nitrogen and oxygen atoms in total. The summed E-state index contributed by atoms with van der Waals surface area (Å²) in [7, 11) is 4.08. The molecular weight excluding hydrogens is 535 g/mol. The molecule has 0 bridgehead atoms. The Hall–Kier alpha value is -3.02. The number of benzene rings is 2. The molecule has 0 atom stereocenters. The van der Waals surface area contributed by atoms with Crippen molar-refractivity contribution >= 4 is 35.8 Å². The van der Waals surface area contributed by atoms with Crippen LogP contribution in [0.4, 0.5) is 0 Å². The highest BCUT2D eigenvalue weighted by Crippen LogP contribution is 2.33. The lowest BCUT2D eigenvalue weighted by Crippen LogP contribution is -2.33. The summed E-state index contributed by atoms with van der Waals surface area (Å²) in [5.74, 6) is 2.55. The molecule has 9 heteroatoms. The van der Waals surface area contributed by atoms with Gasteiger partial charge in [-0.1, -0.05) is 17.3 Å². The number of nitriles is 1. The Labute approximate surface area is 242 Å². The molecule has 0 saturated carbocycles. The Kier molecular flexibility index (Phi) is 11.3. The van der Waals surface area contributed by atoms with E-state index in [0.29, 0.717) is 24.6 Å². The van der Waals surface area contributed by atoms with Crippen molar-refractivity contribution in [1.82, 2.24) is 15.0 Å². The average Bonchev–Trinajstić information content (AvgIpc) is 3.58. The summed E-state index contributed by atoms with van der Waals surface area (Å²) in [6, 6.07) is 17.8. The Balaban J connectivity index is 0.00000210. The van der Waals surface area contributed by atoms with Crippen LogP contribution in [0.5, 0.6) is 5.75 Å². The molecule has 2 aromatic heterocycles. The van der Waals surface area contributed by atoms with Gasteiger partial charge in [0.05, 0.1) is 35.7 Å². The summed E-state index contributed by atoms with van der Waals surface area (Å²) >= 11 is 0. The number of hydrogen-bond donors (Lipinski definition) is 0. The van der Waals surface area contributed by atoms with E-state index in [2.05, 4.69) is 33.2 Å². The zero-order valence-electron chi connectivity index (χ0n) is 22.5. The first-order valence-electron chi connectivity index (χ1n) is 13.0. The zero-order chi connectivity index (χ0) is 25.6. The number of likely N-dealkylation sites (tertiary alicyclic amines) is 1. The highest BCUT2D eigenvalue weighted by atomic mass is 35.5. The second-order valence-electron chi connectivity index (χ2n) is 10.2. The molecule has 4 aromatic rings. The van der Waals surface area contributed by atoms with E-state index in [9.17, 15) is 0 Å².